The predicted octanol–water partition coefficient (Wildman–Crippen LogP) is 1.72. The number of aryl methyl sites for hydroxylation is 2. The van der Waals surface area contributed by atoms with Crippen molar-refractivity contribution in [2.75, 3.05) is 17.7 Å². The molecular weight excluding hydrogens is 372 g/mol. The molecule has 0 atom stereocenters. The van der Waals surface area contributed by atoms with Crippen molar-refractivity contribution in [2.24, 2.45) is 20.0 Å². The van der Waals surface area contributed by atoms with Crippen molar-refractivity contribution in [1.29, 1.82) is 0 Å². The summed E-state index contributed by atoms with van der Waals surface area (Å²) in [6, 6.07) is 5.04. The second-order valence-electron chi connectivity index (χ2n) is 7.21. The highest BCUT2D eigenvalue weighted by atomic mass is 16.2. The van der Waals surface area contributed by atoms with E-state index in [4.69, 9.17) is 0 Å². The summed E-state index contributed by atoms with van der Waals surface area (Å²) < 4.78 is 3.32. The molecule has 0 aromatic carbocycles. The number of amides is 2. The molecule has 1 aliphatic rings. The van der Waals surface area contributed by atoms with Crippen molar-refractivity contribution in [3.63, 3.8) is 0 Å². The van der Waals surface area contributed by atoms with Crippen molar-refractivity contribution in [3.8, 4) is 0 Å². The van der Waals surface area contributed by atoms with Crippen LogP contribution in [0.15, 0.2) is 35.4 Å². The van der Waals surface area contributed by atoms with E-state index in [1.54, 1.807) is 31.6 Å². The Morgan fingerprint density at radius 1 is 1.14 bits per heavy atom. The van der Waals surface area contributed by atoms with Crippen LogP contribution in [0.5, 0.6) is 0 Å². The molecular formula is C20H22N6O3. The SMILES string of the molecule is CNC(=O)c1ccc(NC(=O)C2CC2)nc1Nc1cn(C)c2ccn(C)c(=O)c12. The third kappa shape index (κ3) is 3.46. The fraction of sp³-hybridized carbons (Fsp3) is 0.300. The summed E-state index contributed by atoms with van der Waals surface area (Å²) in [4.78, 5) is 41.5. The second-order valence-corrected chi connectivity index (χ2v) is 7.21. The minimum atomic E-state index is -0.326. The first-order valence-corrected chi connectivity index (χ1v) is 9.34. The molecule has 3 N–H and O–H groups in total. The molecule has 0 aliphatic heterocycles. The summed E-state index contributed by atoms with van der Waals surface area (Å²) in [6.45, 7) is 0. The third-order valence-corrected chi connectivity index (χ3v) is 5.04. The summed E-state index contributed by atoms with van der Waals surface area (Å²) in [6.07, 6.45) is 5.24. The number of fused-ring (bicyclic) bond motifs is 1. The third-order valence-electron chi connectivity index (χ3n) is 5.04. The molecule has 4 rings (SSSR count). The zero-order chi connectivity index (χ0) is 20.7. The van der Waals surface area contributed by atoms with Gasteiger partial charge in [-0.2, -0.15) is 0 Å². The van der Waals surface area contributed by atoms with Crippen LogP contribution < -0.4 is 21.5 Å². The highest BCUT2D eigenvalue weighted by Crippen LogP contribution is 2.31. The van der Waals surface area contributed by atoms with Crippen molar-refractivity contribution in [2.45, 2.75) is 12.8 Å². The molecule has 150 valence electrons. The van der Waals surface area contributed by atoms with E-state index < -0.39 is 0 Å². The lowest BCUT2D eigenvalue weighted by Gasteiger charge is -2.12. The number of nitrogens with zero attached hydrogens (tertiary/aromatic N) is 3. The Kier molecular flexibility index (Phi) is 4.57. The molecule has 0 saturated heterocycles. The van der Waals surface area contributed by atoms with Gasteiger partial charge in [-0.15, -0.1) is 0 Å². The van der Waals surface area contributed by atoms with E-state index in [0.717, 1.165) is 18.4 Å². The standard InChI is InChI=1S/C20H22N6O3/c1-21-19(28)12-6-7-15(24-18(27)11-4-5-11)23-17(12)22-13-10-26(3)14-8-9-25(2)20(29)16(13)14/h6-11H,4-5H2,1-3H3,(H,21,28)(H2,22,23,24,27). The smallest absolute Gasteiger partial charge is 0.261 e. The van der Waals surface area contributed by atoms with E-state index in [2.05, 4.69) is 20.9 Å². The molecule has 2 amide bonds. The molecule has 9 heteroatoms. The highest BCUT2D eigenvalue weighted by Gasteiger charge is 2.30. The molecule has 1 fully saturated rings. The van der Waals surface area contributed by atoms with Gasteiger partial charge in [0, 0.05) is 39.5 Å². The molecule has 0 radical (unpaired) electrons. The Morgan fingerprint density at radius 3 is 2.59 bits per heavy atom. The van der Waals surface area contributed by atoms with Crippen LogP contribution in [0.4, 0.5) is 17.3 Å². The van der Waals surface area contributed by atoms with Crippen LogP contribution in [-0.2, 0) is 18.9 Å². The molecule has 1 aliphatic carbocycles. The number of nitrogens with one attached hydrogen (secondary N) is 3. The maximum Gasteiger partial charge on any atom is 0.261 e. The van der Waals surface area contributed by atoms with E-state index in [1.165, 1.54) is 11.6 Å². The van der Waals surface area contributed by atoms with Crippen LogP contribution in [0, 0.1) is 5.92 Å². The van der Waals surface area contributed by atoms with Gasteiger partial charge in [-0.05, 0) is 31.0 Å². The lowest BCUT2D eigenvalue weighted by atomic mass is 10.2. The topological polar surface area (TPSA) is 110 Å². The largest absolute Gasteiger partial charge is 0.355 e. The Hall–Kier alpha value is -3.62. The first kappa shape index (κ1) is 18.7. The maximum atomic E-state index is 12.7. The summed E-state index contributed by atoms with van der Waals surface area (Å²) in [5.41, 5.74) is 1.44. The summed E-state index contributed by atoms with van der Waals surface area (Å²) >= 11 is 0. The Labute approximate surface area is 166 Å². The minimum Gasteiger partial charge on any atom is -0.355 e. The van der Waals surface area contributed by atoms with E-state index in [-0.39, 0.29) is 29.1 Å². The van der Waals surface area contributed by atoms with Gasteiger partial charge in [0.05, 0.1) is 22.2 Å². The number of carbonyl (C=O) groups is 2. The highest BCUT2D eigenvalue weighted by molar-refractivity contribution is 6.02. The molecule has 29 heavy (non-hydrogen) atoms. The van der Waals surface area contributed by atoms with Gasteiger partial charge in [-0.25, -0.2) is 4.98 Å². The molecule has 0 bridgehead atoms. The lowest BCUT2D eigenvalue weighted by molar-refractivity contribution is -0.117. The van der Waals surface area contributed by atoms with Crippen LogP contribution >= 0.6 is 0 Å². The van der Waals surface area contributed by atoms with Crippen molar-refractivity contribution in [1.82, 2.24) is 19.4 Å². The molecule has 0 spiro atoms. The van der Waals surface area contributed by atoms with Gasteiger partial charge in [0.25, 0.3) is 11.5 Å². The average Bonchev–Trinajstić information content (AvgIpc) is 3.50. The molecule has 0 unspecified atom stereocenters. The number of aromatic nitrogens is 3. The fourth-order valence-corrected chi connectivity index (χ4v) is 3.23. The van der Waals surface area contributed by atoms with Gasteiger partial charge in [0.15, 0.2) is 0 Å². The van der Waals surface area contributed by atoms with Gasteiger partial charge >= 0.3 is 0 Å². The van der Waals surface area contributed by atoms with E-state index in [0.29, 0.717) is 22.5 Å². The van der Waals surface area contributed by atoms with Crippen LogP contribution in [-0.4, -0.2) is 33.0 Å². The monoisotopic (exact) mass is 394 g/mol. The fourth-order valence-electron chi connectivity index (χ4n) is 3.23. The zero-order valence-electron chi connectivity index (χ0n) is 16.4. The molecule has 3 aromatic heterocycles. The van der Waals surface area contributed by atoms with Crippen LogP contribution in [0.25, 0.3) is 10.9 Å². The average molecular weight is 394 g/mol. The minimum absolute atomic E-state index is 0.0351. The number of hydrogen-bond acceptors (Lipinski definition) is 5. The van der Waals surface area contributed by atoms with Gasteiger partial charge in [0.2, 0.25) is 5.91 Å². The van der Waals surface area contributed by atoms with Crippen molar-refractivity contribution in [3.05, 3.63) is 46.5 Å². The number of rotatable bonds is 5. The number of carbonyl (C=O) groups excluding carboxylic acids is 2. The maximum absolute atomic E-state index is 12.7. The zero-order valence-corrected chi connectivity index (χ0v) is 16.4. The van der Waals surface area contributed by atoms with Gasteiger partial charge in [0.1, 0.15) is 11.6 Å². The summed E-state index contributed by atoms with van der Waals surface area (Å²) in [5, 5.41) is 8.98. The Morgan fingerprint density at radius 2 is 1.90 bits per heavy atom. The lowest BCUT2D eigenvalue weighted by Crippen LogP contribution is -2.21. The molecule has 3 aromatic rings. The summed E-state index contributed by atoms with van der Waals surface area (Å²) in [5.74, 6) is 0.248. The first-order chi connectivity index (χ1) is 13.9. The first-order valence-electron chi connectivity index (χ1n) is 9.34. The van der Waals surface area contributed by atoms with Crippen LogP contribution in [0.2, 0.25) is 0 Å². The number of pyridine rings is 2. The van der Waals surface area contributed by atoms with Crippen molar-refractivity contribution < 1.29 is 9.59 Å². The molecule has 3 heterocycles. The van der Waals surface area contributed by atoms with E-state index >= 15 is 0 Å². The second kappa shape index (κ2) is 7.08. The Balaban J connectivity index is 1.77. The Bertz CT molecular complexity index is 1190. The molecule has 9 nitrogen and oxygen atoms in total. The number of anilines is 3. The number of hydrogen-bond donors (Lipinski definition) is 3. The normalized spacial score (nSPS) is 13.3. The quantitative estimate of drug-likeness (QED) is 0.610. The van der Waals surface area contributed by atoms with Gasteiger partial charge in [-0.3, -0.25) is 14.4 Å². The predicted molar refractivity (Wildman–Crippen MR) is 110 cm³/mol. The van der Waals surface area contributed by atoms with Gasteiger partial charge in [-0.1, -0.05) is 0 Å². The van der Waals surface area contributed by atoms with Crippen LogP contribution in [0.1, 0.15) is 23.2 Å². The van der Waals surface area contributed by atoms with E-state index in [1.807, 2.05) is 17.7 Å². The van der Waals surface area contributed by atoms with Crippen molar-refractivity contribution >= 4 is 40.0 Å². The summed E-state index contributed by atoms with van der Waals surface area (Å²) in [7, 11) is 5.05. The van der Waals surface area contributed by atoms with E-state index in [9.17, 15) is 14.4 Å². The molecule has 1 saturated carbocycles. The van der Waals surface area contributed by atoms with Crippen LogP contribution in [0.3, 0.4) is 0 Å². The van der Waals surface area contributed by atoms with Gasteiger partial charge < -0.3 is 25.1 Å².